The zero-order valence-corrected chi connectivity index (χ0v) is 31.8. The van der Waals surface area contributed by atoms with Gasteiger partial charge in [-0.3, -0.25) is 0 Å². The van der Waals surface area contributed by atoms with Crippen LogP contribution in [0.2, 0.25) is 0 Å². The maximum Gasteiger partial charge on any atom is 0.0465 e. The van der Waals surface area contributed by atoms with Crippen molar-refractivity contribution in [1.82, 2.24) is 0 Å². The maximum absolute atomic E-state index is 2.51. The van der Waals surface area contributed by atoms with Gasteiger partial charge in [0.2, 0.25) is 0 Å². The molecule has 5 unspecified atom stereocenters. The van der Waals surface area contributed by atoms with Crippen molar-refractivity contribution in [2.45, 2.75) is 73.9 Å². The van der Waals surface area contributed by atoms with E-state index < -0.39 is 0 Å². The Balaban J connectivity index is 1.06. The summed E-state index contributed by atoms with van der Waals surface area (Å²) < 4.78 is 0. The summed E-state index contributed by atoms with van der Waals surface area (Å²) in [5, 5.41) is 2.97. The highest BCUT2D eigenvalue weighted by molar-refractivity contribution is 8.00. The van der Waals surface area contributed by atoms with Crippen molar-refractivity contribution < 1.29 is 0 Å². The summed E-state index contributed by atoms with van der Waals surface area (Å²) in [6.45, 7) is 6.87. The first kappa shape index (κ1) is 32.8. The number of rotatable bonds is 6. The lowest BCUT2D eigenvalue weighted by Crippen LogP contribution is -2.17. The molecular weight excluding hydrogens is 659 g/mol. The van der Waals surface area contributed by atoms with E-state index in [1.807, 2.05) is 11.8 Å². The Labute approximate surface area is 319 Å². The number of nitrogens with zero attached hydrogens (tertiary/aromatic N) is 1. The molecule has 0 aromatic heterocycles. The Morgan fingerprint density at radius 1 is 0.642 bits per heavy atom. The largest absolute Gasteiger partial charge is 0.310 e. The molecule has 0 N–H and O–H groups in total. The van der Waals surface area contributed by atoms with Crippen molar-refractivity contribution >= 4 is 45.2 Å². The number of thioether (sulfide) groups is 1. The smallest absolute Gasteiger partial charge is 0.0465 e. The topological polar surface area (TPSA) is 3.24 Å². The fraction of sp³-hybridized carbons (Fsp3) is 0.255. The van der Waals surface area contributed by atoms with E-state index in [4.69, 9.17) is 0 Å². The van der Waals surface area contributed by atoms with Gasteiger partial charge in [0.25, 0.3) is 0 Å². The second kappa shape index (κ2) is 13.0. The maximum atomic E-state index is 2.51. The van der Waals surface area contributed by atoms with E-state index in [1.54, 1.807) is 5.56 Å². The van der Waals surface area contributed by atoms with Crippen LogP contribution in [0, 0.1) is 11.8 Å². The lowest BCUT2D eigenvalue weighted by Gasteiger charge is -2.30. The molecule has 2 heteroatoms. The zero-order chi connectivity index (χ0) is 35.7. The first-order chi connectivity index (χ1) is 25.9. The molecule has 2 fully saturated rings. The van der Waals surface area contributed by atoms with Crippen LogP contribution in [0.15, 0.2) is 157 Å². The van der Waals surface area contributed by atoms with Crippen LogP contribution in [0.3, 0.4) is 0 Å². The number of hydrogen-bond acceptors (Lipinski definition) is 2. The summed E-state index contributed by atoms with van der Waals surface area (Å²) in [6.07, 6.45) is 12.9. The third-order valence-corrected chi connectivity index (χ3v) is 14.0. The van der Waals surface area contributed by atoms with Crippen molar-refractivity contribution in [1.29, 1.82) is 0 Å². The normalized spacial score (nSPS) is 22.8. The van der Waals surface area contributed by atoms with E-state index in [1.165, 1.54) is 91.8 Å². The molecule has 2 bridgehead atoms. The third-order valence-electron chi connectivity index (χ3n) is 12.7. The first-order valence-corrected chi connectivity index (χ1v) is 20.5. The average molecular weight is 706 g/mol. The van der Waals surface area contributed by atoms with Crippen LogP contribution in [-0.4, -0.2) is 5.25 Å². The molecule has 0 saturated heterocycles. The standard InChI is InChI=1S/C51H47NS/c1-51(2,3)37-22-26-39(27-23-37)52(38-24-20-35(21-25-38)42-15-8-11-34-10-4-5-12-41(34)42)40-28-29-48-47(32-40)50-45(16-9-17-49(50)53-48)43-13-6-7-14-44(43)46-31-33-18-19-36(46)30-33/h4-17,20-29,32-33,36,46,49-50H,18-19,30-31H2,1-3H3. The highest BCUT2D eigenvalue weighted by Crippen LogP contribution is 2.58. The van der Waals surface area contributed by atoms with Gasteiger partial charge in [0.1, 0.15) is 0 Å². The molecule has 262 valence electrons. The van der Waals surface area contributed by atoms with Gasteiger partial charge in [0.15, 0.2) is 0 Å². The molecule has 3 aliphatic carbocycles. The molecule has 1 nitrogen and oxygen atoms in total. The highest BCUT2D eigenvalue weighted by Gasteiger charge is 2.43. The van der Waals surface area contributed by atoms with Crippen molar-refractivity contribution in [2.24, 2.45) is 11.8 Å². The Kier molecular flexibility index (Phi) is 8.03. The monoisotopic (exact) mass is 705 g/mol. The zero-order valence-electron chi connectivity index (χ0n) is 31.0. The number of hydrogen-bond donors (Lipinski definition) is 0. The van der Waals surface area contributed by atoms with Gasteiger partial charge in [-0.25, -0.2) is 0 Å². The molecule has 1 aliphatic heterocycles. The average Bonchev–Trinajstić information content (AvgIpc) is 3.93. The number of benzene rings is 6. The van der Waals surface area contributed by atoms with E-state index in [0.717, 1.165) is 11.8 Å². The summed E-state index contributed by atoms with van der Waals surface area (Å²) in [6, 6.07) is 50.4. The summed E-state index contributed by atoms with van der Waals surface area (Å²) in [5.74, 6) is 2.83. The third kappa shape index (κ3) is 5.78. The fourth-order valence-electron chi connectivity index (χ4n) is 10.1. The SMILES string of the molecule is CC(C)(C)c1ccc(N(c2ccc(-c3cccc4ccccc34)cc2)c2ccc3c(c2)C2C(c4ccccc4C4CC5CCC4C5)=CC=CC2S3)cc1. The van der Waals surface area contributed by atoms with Crippen LogP contribution < -0.4 is 4.90 Å². The quantitative estimate of drug-likeness (QED) is 0.170. The number of allylic oxidation sites excluding steroid dienone is 3. The minimum atomic E-state index is 0.0921. The Morgan fingerprint density at radius 2 is 1.36 bits per heavy atom. The number of fused-ring (bicyclic) bond motifs is 6. The fourth-order valence-corrected chi connectivity index (χ4v) is 11.4. The molecule has 0 spiro atoms. The van der Waals surface area contributed by atoms with Gasteiger partial charge in [-0.2, -0.15) is 0 Å². The van der Waals surface area contributed by atoms with Crippen LogP contribution in [0.5, 0.6) is 0 Å². The molecule has 1 heterocycles. The second-order valence-corrected chi connectivity index (χ2v) is 18.1. The highest BCUT2D eigenvalue weighted by atomic mass is 32.2. The lowest BCUT2D eigenvalue weighted by atomic mass is 9.75. The van der Waals surface area contributed by atoms with Gasteiger partial charge < -0.3 is 4.90 Å². The van der Waals surface area contributed by atoms with E-state index in [-0.39, 0.29) is 5.41 Å². The molecular formula is C51H47NS. The van der Waals surface area contributed by atoms with Gasteiger partial charge in [-0.05, 0) is 135 Å². The van der Waals surface area contributed by atoms with Crippen LogP contribution in [0.4, 0.5) is 17.1 Å². The Bertz CT molecular complexity index is 2390. The predicted molar refractivity (Wildman–Crippen MR) is 227 cm³/mol. The Hall–Kier alpha value is -4.79. The van der Waals surface area contributed by atoms with E-state index in [9.17, 15) is 0 Å². The molecule has 4 aliphatic rings. The van der Waals surface area contributed by atoms with Crippen LogP contribution in [0.1, 0.15) is 80.5 Å². The van der Waals surface area contributed by atoms with Crippen LogP contribution in [0.25, 0.3) is 27.5 Å². The van der Waals surface area contributed by atoms with Gasteiger partial charge in [0, 0.05) is 33.1 Å². The lowest BCUT2D eigenvalue weighted by molar-refractivity contribution is 0.419. The summed E-state index contributed by atoms with van der Waals surface area (Å²) in [5.41, 5.74) is 13.5. The van der Waals surface area contributed by atoms with Crippen molar-refractivity contribution in [2.75, 3.05) is 4.90 Å². The molecule has 53 heavy (non-hydrogen) atoms. The predicted octanol–water partition coefficient (Wildman–Crippen LogP) is 14.4. The second-order valence-electron chi connectivity index (χ2n) is 16.9. The minimum Gasteiger partial charge on any atom is -0.310 e. The van der Waals surface area contributed by atoms with Crippen LogP contribution >= 0.6 is 11.8 Å². The minimum absolute atomic E-state index is 0.0921. The molecule has 6 aromatic rings. The van der Waals surface area contributed by atoms with Crippen molar-refractivity contribution in [3.63, 3.8) is 0 Å². The first-order valence-electron chi connectivity index (χ1n) is 19.7. The summed E-state index contributed by atoms with van der Waals surface area (Å²) in [7, 11) is 0. The van der Waals surface area contributed by atoms with E-state index in [0.29, 0.717) is 17.1 Å². The van der Waals surface area contributed by atoms with Gasteiger partial charge in [0.05, 0.1) is 0 Å². The van der Waals surface area contributed by atoms with Crippen molar-refractivity contribution in [3.05, 3.63) is 174 Å². The molecule has 10 rings (SSSR count). The number of anilines is 3. The van der Waals surface area contributed by atoms with Crippen molar-refractivity contribution in [3.8, 4) is 11.1 Å². The molecule has 6 aromatic carbocycles. The van der Waals surface area contributed by atoms with Gasteiger partial charge in [-0.15, -0.1) is 11.8 Å². The van der Waals surface area contributed by atoms with E-state index >= 15 is 0 Å². The van der Waals surface area contributed by atoms with Gasteiger partial charge in [-0.1, -0.05) is 136 Å². The summed E-state index contributed by atoms with van der Waals surface area (Å²) in [4.78, 5) is 3.87. The molecule has 0 amide bonds. The molecule has 0 radical (unpaired) electrons. The van der Waals surface area contributed by atoms with Gasteiger partial charge >= 0.3 is 0 Å². The Morgan fingerprint density at radius 3 is 2.13 bits per heavy atom. The summed E-state index contributed by atoms with van der Waals surface area (Å²) >= 11 is 2.04. The van der Waals surface area contributed by atoms with Crippen LogP contribution in [-0.2, 0) is 5.41 Å². The molecule has 5 atom stereocenters. The molecule has 2 saturated carbocycles. The van der Waals surface area contributed by atoms with E-state index in [2.05, 4.69) is 177 Å².